The standard InChI is InChI=1S/C17H26N2O3S2/c1-4-22-16(21)8-13-9-23-17(18-13)24-10-15(20)19-14-7-5-6-11(2)12(14)3/h9,11-12,14H,4-8,10H2,1-3H3,(H,19,20)/t11-,12+,14-/m1/s1. The first-order valence-corrected chi connectivity index (χ1v) is 10.4. The Morgan fingerprint density at radius 3 is 2.96 bits per heavy atom. The number of carbonyl (C=O) groups excluding carboxylic acids is 2. The second-order valence-electron chi connectivity index (χ2n) is 6.32. The van der Waals surface area contributed by atoms with Crippen molar-refractivity contribution in [3.05, 3.63) is 11.1 Å². The second-order valence-corrected chi connectivity index (χ2v) is 8.40. The quantitative estimate of drug-likeness (QED) is 0.589. The summed E-state index contributed by atoms with van der Waals surface area (Å²) in [4.78, 5) is 28.0. The van der Waals surface area contributed by atoms with Crippen LogP contribution in [0.1, 0.15) is 45.7 Å². The average Bonchev–Trinajstić information content (AvgIpc) is 2.97. The number of nitrogens with zero attached hydrogens (tertiary/aromatic N) is 1. The molecule has 1 aliphatic rings. The third-order valence-corrected chi connectivity index (χ3v) is 6.61. The van der Waals surface area contributed by atoms with E-state index in [4.69, 9.17) is 4.74 Å². The molecule has 0 bridgehead atoms. The Labute approximate surface area is 152 Å². The summed E-state index contributed by atoms with van der Waals surface area (Å²) in [5.74, 6) is 1.36. The number of thiazole rings is 1. The van der Waals surface area contributed by atoms with Gasteiger partial charge in [-0.2, -0.15) is 0 Å². The molecule has 1 amide bonds. The van der Waals surface area contributed by atoms with Gasteiger partial charge in [0.05, 0.1) is 24.5 Å². The molecule has 0 spiro atoms. The number of ether oxygens (including phenoxy) is 1. The lowest BCUT2D eigenvalue weighted by Crippen LogP contribution is -2.44. The molecule has 1 heterocycles. The van der Waals surface area contributed by atoms with Gasteiger partial charge >= 0.3 is 5.97 Å². The topological polar surface area (TPSA) is 68.3 Å². The summed E-state index contributed by atoms with van der Waals surface area (Å²) in [5, 5.41) is 5.02. The first kappa shape index (κ1) is 19.2. The molecule has 1 aliphatic carbocycles. The molecule has 1 N–H and O–H groups in total. The van der Waals surface area contributed by atoms with Gasteiger partial charge in [-0.1, -0.05) is 38.5 Å². The van der Waals surface area contributed by atoms with E-state index >= 15 is 0 Å². The molecular formula is C17H26N2O3S2. The molecule has 1 saturated carbocycles. The predicted molar refractivity (Wildman–Crippen MR) is 97.3 cm³/mol. The number of rotatable bonds is 7. The van der Waals surface area contributed by atoms with Gasteiger partial charge in [0.15, 0.2) is 4.34 Å². The number of carbonyl (C=O) groups is 2. The van der Waals surface area contributed by atoms with Gasteiger partial charge in [0, 0.05) is 11.4 Å². The van der Waals surface area contributed by atoms with Crippen molar-refractivity contribution in [2.45, 2.75) is 56.8 Å². The van der Waals surface area contributed by atoms with Gasteiger partial charge in [-0.05, 0) is 25.2 Å². The summed E-state index contributed by atoms with van der Waals surface area (Å²) >= 11 is 2.89. The number of nitrogens with one attached hydrogen (secondary N) is 1. The number of thioether (sulfide) groups is 1. The van der Waals surface area contributed by atoms with E-state index < -0.39 is 0 Å². The molecule has 7 heteroatoms. The van der Waals surface area contributed by atoms with Crippen LogP contribution in [0.25, 0.3) is 0 Å². The van der Waals surface area contributed by atoms with E-state index in [1.165, 1.54) is 35.9 Å². The molecule has 1 aromatic heterocycles. The minimum atomic E-state index is -0.266. The van der Waals surface area contributed by atoms with Crippen LogP contribution in [0, 0.1) is 11.8 Å². The minimum absolute atomic E-state index is 0.0630. The first-order chi connectivity index (χ1) is 11.5. The van der Waals surface area contributed by atoms with Crippen LogP contribution >= 0.6 is 23.1 Å². The third kappa shape index (κ3) is 5.77. The SMILES string of the molecule is CCOC(=O)Cc1csc(SCC(=O)N[C@@H]2CCC[C@@H](C)[C@@H]2C)n1. The lowest BCUT2D eigenvalue weighted by atomic mass is 9.78. The maximum Gasteiger partial charge on any atom is 0.311 e. The number of esters is 1. The van der Waals surface area contributed by atoms with E-state index in [1.807, 2.05) is 5.38 Å². The molecule has 5 nitrogen and oxygen atoms in total. The van der Waals surface area contributed by atoms with Crippen LogP contribution in [0.4, 0.5) is 0 Å². The van der Waals surface area contributed by atoms with E-state index in [-0.39, 0.29) is 24.3 Å². The van der Waals surface area contributed by atoms with Crippen LogP contribution in [-0.2, 0) is 20.7 Å². The van der Waals surface area contributed by atoms with Crippen molar-refractivity contribution in [1.82, 2.24) is 10.3 Å². The molecule has 0 aliphatic heterocycles. The molecule has 3 atom stereocenters. The van der Waals surface area contributed by atoms with Crippen molar-refractivity contribution >= 4 is 35.0 Å². The van der Waals surface area contributed by atoms with E-state index in [9.17, 15) is 9.59 Å². The minimum Gasteiger partial charge on any atom is -0.466 e. The lowest BCUT2D eigenvalue weighted by molar-refractivity contribution is -0.142. The summed E-state index contributed by atoms with van der Waals surface area (Å²) in [5.41, 5.74) is 0.705. The Morgan fingerprint density at radius 2 is 2.21 bits per heavy atom. The van der Waals surface area contributed by atoms with Gasteiger partial charge in [-0.15, -0.1) is 11.3 Å². The molecule has 134 valence electrons. The Hall–Kier alpha value is -1.08. The van der Waals surface area contributed by atoms with Crippen LogP contribution in [0.5, 0.6) is 0 Å². The highest BCUT2D eigenvalue weighted by molar-refractivity contribution is 8.01. The number of amides is 1. The van der Waals surface area contributed by atoms with E-state index in [0.717, 1.165) is 10.8 Å². The summed E-state index contributed by atoms with van der Waals surface area (Å²) in [7, 11) is 0. The Kier molecular flexibility index (Phi) is 7.55. The van der Waals surface area contributed by atoms with Gasteiger partial charge in [0.25, 0.3) is 0 Å². The normalized spacial score (nSPS) is 23.7. The van der Waals surface area contributed by atoms with Crippen LogP contribution in [-0.4, -0.2) is 35.3 Å². The van der Waals surface area contributed by atoms with Crippen molar-refractivity contribution in [1.29, 1.82) is 0 Å². The highest BCUT2D eigenvalue weighted by Gasteiger charge is 2.28. The van der Waals surface area contributed by atoms with Crippen LogP contribution in [0.2, 0.25) is 0 Å². The average molecular weight is 371 g/mol. The van der Waals surface area contributed by atoms with Crippen molar-refractivity contribution in [2.24, 2.45) is 11.8 Å². The number of hydrogen-bond donors (Lipinski definition) is 1. The maximum atomic E-state index is 12.2. The summed E-state index contributed by atoms with van der Waals surface area (Å²) < 4.78 is 5.73. The molecule has 1 fully saturated rings. The third-order valence-electron chi connectivity index (χ3n) is 4.54. The smallest absolute Gasteiger partial charge is 0.311 e. The zero-order valence-electron chi connectivity index (χ0n) is 14.5. The van der Waals surface area contributed by atoms with Crippen LogP contribution in [0.15, 0.2) is 9.72 Å². The molecular weight excluding hydrogens is 344 g/mol. The second kappa shape index (κ2) is 9.42. The molecule has 2 rings (SSSR count). The Bertz CT molecular complexity index is 562. The fourth-order valence-electron chi connectivity index (χ4n) is 2.96. The highest BCUT2D eigenvalue weighted by Crippen LogP contribution is 2.29. The molecule has 0 aromatic carbocycles. The van der Waals surface area contributed by atoms with Gasteiger partial charge < -0.3 is 10.1 Å². The fourth-order valence-corrected chi connectivity index (χ4v) is 4.61. The molecule has 0 radical (unpaired) electrons. The molecule has 0 saturated heterocycles. The van der Waals surface area contributed by atoms with E-state index in [0.29, 0.717) is 29.9 Å². The van der Waals surface area contributed by atoms with Crippen molar-refractivity contribution in [3.63, 3.8) is 0 Å². The van der Waals surface area contributed by atoms with Gasteiger partial charge in [0.1, 0.15) is 0 Å². The van der Waals surface area contributed by atoms with Gasteiger partial charge in [-0.25, -0.2) is 4.98 Å². The van der Waals surface area contributed by atoms with Crippen LogP contribution in [0.3, 0.4) is 0 Å². The van der Waals surface area contributed by atoms with Crippen molar-refractivity contribution < 1.29 is 14.3 Å². The molecule has 24 heavy (non-hydrogen) atoms. The summed E-state index contributed by atoms with van der Waals surface area (Å²) in [6.07, 6.45) is 3.70. The summed E-state index contributed by atoms with van der Waals surface area (Å²) in [6, 6.07) is 0.289. The number of aromatic nitrogens is 1. The van der Waals surface area contributed by atoms with E-state index in [1.54, 1.807) is 6.92 Å². The highest BCUT2D eigenvalue weighted by atomic mass is 32.2. The Morgan fingerprint density at radius 1 is 1.42 bits per heavy atom. The molecule has 0 unspecified atom stereocenters. The van der Waals surface area contributed by atoms with E-state index in [2.05, 4.69) is 24.1 Å². The largest absolute Gasteiger partial charge is 0.466 e. The monoisotopic (exact) mass is 370 g/mol. The van der Waals surface area contributed by atoms with Crippen molar-refractivity contribution in [3.8, 4) is 0 Å². The molecule has 1 aromatic rings. The fraction of sp³-hybridized carbons (Fsp3) is 0.706. The van der Waals surface area contributed by atoms with Crippen molar-refractivity contribution in [2.75, 3.05) is 12.4 Å². The van der Waals surface area contributed by atoms with Gasteiger partial charge in [0.2, 0.25) is 5.91 Å². The van der Waals surface area contributed by atoms with Crippen LogP contribution < -0.4 is 5.32 Å². The zero-order chi connectivity index (χ0) is 17.5. The predicted octanol–water partition coefficient (Wildman–Crippen LogP) is 3.28. The van der Waals surface area contributed by atoms with Gasteiger partial charge in [-0.3, -0.25) is 9.59 Å². The number of hydrogen-bond acceptors (Lipinski definition) is 6. The Balaban J connectivity index is 1.75. The first-order valence-electron chi connectivity index (χ1n) is 8.51. The summed E-state index contributed by atoms with van der Waals surface area (Å²) in [6.45, 7) is 6.65. The zero-order valence-corrected chi connectivity index (χ0v) is 16.2. The lowest BCUT2D eigenvalue weighted by Gasteiger charge is -2.34. The maximum absolute atomic E-state index is 12.2.